The lowest BCUT2D eigenvalue weighted by Gasteiger charge is -2.11. The Hall–Kier alpha value is -2.49. The average molecular weight is 269 g/mol. The van der Waals surface area contributed by atoms with Gasteiger partial charge in [-0.25, -0.2) is 4.79 Å². The van der Waals surface area contributed by atoms with Crippen LogP contribution in [0.5, 0.6) is 0 Å². The van der Waals surface area contributed by atoms with Crippen LogP contribution in [0.4, 0.5) is 21.9 Å². The van der Waals surface area contributed by atoms with E-state index >= 15 is 0 Å². The molecule has 2 rings (SSSR count). The average Bonchev–Trinajstić information content (AvgIpc) is 2.38. The van der Waals surface area contributed by atoms with Gasteiger partial charge in [0.15, 0.2) is 0 Å². The number of hydrogen-bond acceptors (Lipinski definition) is 2. The van der Waals surface area contributed by atoms with E-state index in [0.717, 1.165) is 16.8 Å². The van der Waals surface area contributed by atoms with E-state index in [1.165, 1.54) is 5.56 Å². The Labute approximate surface area is 119 Å². The molecule has 0 saturated carbocycles. The monoisotopic (exact) mass is 269 g/mol. The van der Waals surface area contributed by atoms with Crippen molar-refractivity contribution in [2.75, 3.05) is 16.4 Å². The molecule has 104 valence electrons. The summed E-state index contributed by atoms with van der Waals surface area (Å²) in [5.74, 6) is 0. The molecular formula is C16H19N3O. The van der Waals surface area contributed by atoms with Crippen molar-refractivity contribution in [3.8, 4) is 0 Å². The van der Waals surface area contributed by atoms with Gasteiger partial charge in [-0.15, -0.1) is 0 Å². The third kappa shape index (κ3) is 3.29. The zero-order valence-electron chi connectivity index (χ0n) is 11.9. The lowest BCUT2D eigenvalue weighted by molar-refractivity contribution is 0.262. The maximum absolute atomic E-state index is 12.0. The van der Waals surface area contributed by atoms with E-state index in [9.17, 15) is 4.79 Å². The molecule has 4 N–H and O–H groups in total. The predicted molar refractivity (Wildman–Crippen MR) is 84.1 cm³/mol. The van der Waals surface area contributed by atoms with Crippen LogP contribution in [0.2, 0.25) is 0 Å². The summed E-state index contributed by atoms with van der Waals surface area (Å²) >= 11 is 0. The minimum absolute atomic E-state index is 0.300. The van der Waals surface area contributed by atoms with Gasteiger partial charge in [0.25, 0.3) is 0 Å². The second-order valence-electron chi connectivity index (χ2n) is 4.97. The van der Waals surface area contributed by atoms with E-state index in [1.54, 1.807) is 6.07 Å². The van der Waals surface area contributed by atoms with E-state index in [4.69, 9.17) is 5.73 Å². The Morgan fingerprint density at radius 2 is 1.70 bits per heavy atom. The van der Waals surface area contributed by atoms with Crippen molar-refractivity contribution in [2.24, 2.45) is 0 Å². The third-order valence-electron chi connectivity index (χ3n) is 3.22. The van der Waals surface area contributed by atoms with Crippen molar-refractivity contribution < 1.29 is 4.79 Å². The Kier molecular flexibility index (Phi) is 3.94. The summed E-state index contributed by atoms with van der Waals surface area (Å²) in [5, 5.41) is 5.56. The van der Waals surface area contributed by atoms with Crippen molar-refractivity contribution >= 4 is 23.1 Å². The molecule has 0 fully saturated rings. The molecule has 2 amide bonds. The minimum Gasteiger partial charge on any atom is -0.397 e. The van der Waals surface area contributed by atoms with Crippen LogP contribution in [-0.2, 0) is 0 Å². The standard InChI is InChI=1S/C16H19N3O/c1-10-4-7-14(17)15(8-10)19-16(20)18-13-6-5-11(2)12(3)9-13/h4-9H,17H2,1-3H3,(H2,18,19,20). The van der Waals surface area contributed by atoms with Gasteiger partial charge in [-0.1, -0.05) is 12.1 Å². The highest BCUT2D eigenvalue weighted by Gasteiger charge is 2.06. The van der Waals surface area contributed by atoms with E-state index in [2.05, 4.69) is 10.6 Å². The molecule has 0 saturated heterocycles. The largest absolute Gasteiger partial charge is 0.397 e. The minimum atomic E-state index is -0.300. The molecule has 0 unspecified atom stereocenters. The summed E-state index contributed by atoms with van der Waals surface area (Å²) in [7, 11) is 0. The van der Waals surface area contributed by atoms with E-state index < -0.39 is 0 Å². The maximum Gasteiger partial charge on any atom is 0.323 e. The highest BCUT2D eigenvalue weighted by Crippen LogP contribution is 2.20. The van der Waals surface area contributed by atoms with Crippen LogP contribution in [-0.4, -0.2) is 6.03 Å². The fourth-order valence-electron chi connectivity index (χ4n) is 1.88. The van der Waals surface area contributed by atoms with Gasteiger partial charge in [-0.3, -0.25) is 0 Å². The first kappa shape index (κ1) is 13.9. The number of nitrogen functional groups attached to an aromatic ring is 1. The Bertz CT molecular complexity index is 650. The molecule has 4 heteroatoms. The van der Waals surface area contributed by atoms with Crippen molar-refractivity contribution in [2.45, 2.75) is 20.8 Å². The number of nitrogens with two attached hydrogens (primary N) is 1. The van der Waals surface area contributed by atoms with E-state index in [1.807, 2.05) is 51.1 Å². The van der Waals surface area contributed by atoms with Gasteiger partial charge in [-0.2, -0.15) is 0 Å². The van der Waals surface area contributed by atoms with Gasteiger partial charge >= 0.3 is 6.03 Å². The number of anilines is 3. The number of aryl methyl sites for hydroxylation is 3. The first-order valence-corrected chi connectivity index (χ1v) is 6.47. The number of benzene rings is 2. The molecule has 2 aromatic carbocycles. The molecule has 20 heavy (non-hydrogen) atoms. The molecule has 0 aliphatic rings. The highest BCUT2D eigenvalue weighted by atomic mass is 16.2. The zero-order valence-corrected chi connectivity index (χ0v) is 11.9. The van der Waals surface area contributed by atoms with Gasteiger partial charge in [0, 0.05) is 5.69 Å². The van der Waals surface area contributed by atoms with Gasteiger partial charge in [0.05, 0.1) is 11.4 Å². The Morgan fingerprint density at radius 3 is 2.40 bits per heavy atom. The highest BCUT2D eigenvalue weighted by molar-refractivity contribution is 6.01. The second kappa shape index (κ2) is 5.65. The number of urea groups is 1. The van der Waals surface area contributed by atoms with Crippen LogP contribution in [0, 0.1) is 20.8 Å². The second-order valence-corrected chi connectivity index (χ2v) is 4.97. The number of carbonyl (C=O) groups excluding carboxylic acids is 1. The van der Waals surface area contributed by atoms with Crippen LogP contribution < -0.4 is 16.4 Å². The fourth-order valence-corrected chi connectivity index (χ4v) is 1.88. The normalized spacial score (nSPS) is 10.2. The molecule has 2 aromatic rings. The van der Waals surface area contributed by atoms with Crippen molar-refractivity contribution in [3.05, 3.63) is 53.1 Å². The summed E-state index contributed by atoms with van der Waals surface area (Å²) in [6.45, 7) is 6.00. The van der Waals surface area contributed by atoms with Crippen molar-refractivity contribution in [3.63, 3.8) is 0 Å². The summed E-state index contributed by atoms with van der Waals surface area (Å²) in [6.07, 6.45) is 0. The zero-order chi connectivity index (χ0) is 14.7. The van der Waals surface area contributed by atoms with Gasteiger partial charge in [-0.05, 0) is 61.7 Å². The number of hydrogen-bond donors (Lipinski definition) is 3. The van der Waals surface area contributed by atoms with Gasteiger partial charge in [0.1, 0.15) is 0 Å². The van der Waals surface area contributed by atoms with Crippen LogP contribution in [0.25, 0.3) is 0 Å². The number of nitrogens with one attached hydrogen (secondary N) is 2. The van der Waals surface area contributed by atoms with Crippen molar-refractivity contribution in [1.82, 2.24) is 0 Å². The molecule has 0 radical (unpaired) electrons. The quantitative estimate of drug-likeness (QED) is 0.725. The first-order valence-electron chi connectivity index (χ1n) is 6.47. The predicted octanol–water partition coefficient (Wildman–Crippen LogP) is 3.84. The number of amides is 2. The lowest BCUT2D eigenvalue weighted by Crippen LogP contribution is -2.20. The Morgan fingerprint density at radius 1 is 0.950 bits per heavy atom. The van der Waals surface area contributed by atoms with Gasteiger partial charge < -0.3 is 16.4 Å². The number of carbonyl (C=O) groups is 1. The molecular weight excluding hydrogens is 250 g/mol. The SMILES string of the molecule is Cc1ccc(N)c(NC(=O)Nc2ccc(C)c(C)c2)c1. The van der Waals surface area contributed by atoms with Crippen LogP contribution in [0.1, 0.15) is 16.7 Å². The smallest absolute Gasteiger partial charge is 0.323 e. The molecule has 0 aliphatic carbocycles. The molecule has 0 heterocycles. The fraction of sp³-hybridized carbons (Fsp3) is 0.188. The summed E-state index contributed by atoms with van der Waals surface area (Å²) < 4.78 is 0. The molecule has 4 nitrogen and oxygen atoms in total. The van der Waals surface area contributed by atoms with Crippen LogP contribution in [0.15, 0.2) is 36.4 Å². The van der Waals surface area contributed by atoms with E-state index in [-0.39, 0.29) is 6.03 Å². The summed E-state index contributed by atoms with van der Waals surface area (Å²) in [4.78, 5) is 12.0. The summed E-state index contributed by atoms with van der Waals surface area (Å²) in [5.41, 5.74) is 11.1. The molecule has 0 atom stereocenters. The van der Waals surface area contributed by atoms with Crippen LogP contribution >= 0.6 is 0 Å². The molecule has 0 spiro atoms. The first-order chi connectivity index (χ1) is 9.45. The third-order valence-corrected chi connectivity index (χ3v) is 3.22. The van der Waals surface area contributed by atoms with Crippen LogP contribution in [0.3, 0.4) is 0 Å². The molecule has 0 aromatic heterocycles. The van der Waals surface area contributed by atoms with E-state index in [0.29, 0.717) is 11.4 Å². The lowest BCUT2D eigenvalue weighted by atomic mass is 10.1. The number of rotatable bonds is 2. The Balaban J connectivity index is 2.09. The van der Waals surface area contributed by atoms with Crippen molar-refractivity contribution in [1.29, 1.82) is 0 Å². The maximum atomic E-state index is 12.0. The molecule has 0 bridgehead atoms. The van der Waals surface area contributed by atoms with Gasteiger partial charge in [0.2, 0.25) is 0 Å². The molecule has 0 aliphatic heterocycles. The summed E-state index contributed by atoms with van der Waals surface area (Å²) in [6, 6.07) is 11.0. The topological polar surface area (TPSA) is 67.1 Å².